The molecule has 0 saturated heterocycles. The monoisotopic (exact) mass is 209 g/mol. The molecule has 0 amide bonds. The number of anilines is 1. The van der Waals surface area contributed by atoms with E-state index in [9.17, 15) is 4.79 Å². The lowest BCUT2D eigenvalue weighted by Gasteiger charge is -2.38. The fraction of sp³-hybridized carbons (Fsp3) is 0.545. The number of hydrogen-bond acceptors (Lipinski definition) is 3. The first kappa shape index (κ1) is 10.1. The van der Waals surface area contributed by atoms with Crippen LogP contribution in [0.2, 0.25) is 0 Å². The summed E-state index contributed by atoms with van der Waals surface area (Å²) in [5.41, 5.74) is 0. The molecule has 0 unspecified atom stereocenters. The van der Waals surface area contributed by atoms with Gasteiger partial charge in [-0.15, -0.1) is 0 Å². The molecule has 2 rings (SSSR count). The van der Waals surface area contributed by atoms with Crippen molar-refractivity contribution in [1.29, 1.82) is 0 Å². The summed E-state index contributed by atoms with van der Waals surface area (Å²) in [5.74, 6) is 0.844. The van der Waals surface area contributed by atoms with Gasteiger partial charge in [-0.2, -0.15) is 0 Å². The van der Waals surface area contributed by atoms with Gasteiger partial charge in [0.1, 0.15) is 5.76 Å². The van der Waals surface area contributed by atoms with Crippen LogP contribution in [0.5, 0.6) is 0 Å². The lowest BCUT2D eigenvalue weighted by atomic mass is 9.79. The van der Waals surface area contributed by atoms with E-state index in [0.717, 1.165) is 11.6 Å². The van der Waals surface area contributed by atoms with Crippen LogP contribution in [0, 0.1) is 12.8 Å². The average Bonchev–Trinajstić information content (AvgIpc) is 2.48. The molecular weight excluding hydrogens is 194 g/mol. The van der Waals surface area contributed by atoms with Gasteiger partial charge in [0, 0.05) is 19.2 Å². The number of hydrogen-bond donors (Lipinski definition) is 1. The molecular formula is C11H15NO3. The Hall–Kier alpha value is -1.45. The van der Waals surface area contributed by atoms with Gasteiger partial charge in [-0.1, -0.05) is 0 Å². The Balaban J connectivity index is 1.94. The van der Waals surface area contributed by atoms with Gasteiger partial charge in [0.05, 0.1) is 5.92 Å². The first-order valence-corrected chi connectivity index (χ1v) is 5.10. The maximum atomic E-state index is 10.6. The van der Waals surface area contributed by atoms with Crippen LogP contribution in [-0.2, 0) is 4.79 Å². The quantitative estimate of drug-likeness (QED) is 0.825. The predicted octanol–water partition coefficient (Wildman–Crippen LogP) is 1.89. The number of aryl methyl sites for hydroxylation is 1. The van der Waals surface area contributed by atoms with E-state index >= 15 is 0 Å². The number of carbonyl (C=O) groups is 1. The third-order valence-corrected chi connectivity index (χ3v) is 3.08. The second-order valence-corrected chi connectivity index (χ2v) is 4.16. The molecule has 1 fully saturated rings. The number of carboxylic acids is 1. The minimum Gasteiger partial charge on any atom is -0.481 e. The molecule has 82 valence electrons. The Kier molecular flexibility index (Phi) is 2.42. The minimum absolute atomic E-state index is 0.173. The summed E-state index contributed by atoms with van der Waals surface area (Å²) in [6.07, 6.45) is 1.43. The Bertz CT molecular complexity index is 366. The van der Waals surface area contributed by atoms with E-state index in [1.165, 1.54) is 0 Å². The van der Waals surface area contributed by atoms with Crippen LogP contribution in [0.4, 0.5) is 5.88 Å². The summed E-state index contributed by atoms with van der Waals surface area (Å²) in [7, 11) is 1.95. The zero-order valence-corrected chi connectivity index (χ0v) is 8.93. The molecule has 4 nitrogen and oxygen atoms in total. The van der Waals surface area contributed by atoms with Gasteiger partial charge in [-0.05, 0) is 25.8 Å². The van der Waals surface area contributed by atoms with E-state index in [2.05, 4.69) is 0 Å². The zero-order valence-electron chi connectivity index (χ0n) is 8.93. The maximum absolute atomic E-state index is 10.6. The van der Waals surface area contributed by atoms with Gasteiger partial charge < -0.3 is 14.4 Å². The lowest BCUT2D eigenvalue weighted by Crippen LogP contribution is -2.45. The fourth-order valence-corrected chi connectivity index (χ4v) is 1.90. The summed E-state index contributed by atoms with van der Waals surface area (Å²) in [5, 5.41) is 8.77. The molecule has 1 saturated carbocycles. The first-order valence-electron chi connectivity index (χ1n) is 5.10. The van der Waals surface area contributed by atoms with E-state index in [0.29, 0.717) is 18.9 Å². The van der Waals surface area contributed by atoms with E-state index in [1.54, 1.807) is 0 Å². The van der Waals surface area contributed by atoms with Gasteiger partial charge in [-0.25, -0.2) is 0 Å². The molecule has 1 N–H and O–H groups in total. The smallest absolute Gasteiger partial charge is 0.306 e. The van der Waals surface area contributed by atoms with Crippen LogP contribution >= 0.6 is 0 Å². The summed E-state index contributed by atoms with van der Waals surface area (Å²) in [6.45, 7) is 1.90. The summed E-state index contributed by atoms with van der Waals surface area (Å²) >= 11 is 0. The van der Waals surface area contributed by atoms with E-state index < -0.39 is 5.97 Å². The first-order chi connectivity index (χ1) is 7.08. The second kappa shape index (κ2) is 3.61. The van der Waals surface area contributed by atoms with Crippen LogP contribution in [-0.4, -0.2) is 24.2 Å². The number of aliphatic carboxylic acids is 1. The molecule has 0 atom stereocenters. The van der Waals surface area contributed by atoms with Crippen molar-refractivity contribution in [1.82, 2.24) is 0 Å². The topological polar surface area (TPSA) is 53.7 Å². The highest BCUT2D eigenvalue weighted by Gasteiger charge is 2.37. The average molecular weight is 209 g/mol. The van der Waals surface area contributed by atoms with Crippen LogP contribution in [0.25, 0.3) is 0 Å². The van der Waals surface area contributed by atoms with Crippen molar-refractivity contribution in [3.63, 3.8) is 0 Å². The van der Waals surface area contributed by atoms with Crippen molar-refractivity contribution in [2.24, 2.45) is 5.92 Å². The van der Waals surface area contributed by atoms with Gasteiger partial charge in [0.25, 0.3) is 0 Å². The van der Waals surface area contributed by atoms with Gasteiger partial charge in [0.2, 0.25) is 0 Å². The highest BCUT2D eigenvalue weighted by molar-refractivity contribution is 5.71. The third kappa shape index (κ3) is 1.84. The minimum atomic E-state index is -0.685. The summed E-state index contributed by atoms with van der Waals surface area (Å²) in [4.78, 5) is 12.7. The lowest BCUT2D eigenvalue weighted by molar-refractivity contribution is -0.145. The van der Waals surface area contributed by atoms with Crippen LogP contribution in [0.3, 0.4) is 0 Å². The molecule has 1 aromatic rings. The SMILES string of the molecule is Cc1ccc(N(C)C2CC(C(=O)O)C2)o1. The fourth-order valence-electron chi connectivity index (χ4n) is 1.90. The summed E-state index contributed by atoms with van der Waals surface area (Å²) in [6, 6.07) is 4.14. The molecule has 1 aliphatic rings. The van der Waals surface area contributed by atoms with Crippen LogP contribution in [0.15, 0.2) is 16.5 Å². The Labute approximate surface area is 88.5 Å². The highest BCUT2D eigenvalue weighted by Crippen LogP contribution is 2.34. The van der Waals surface area contributed by atoms with Crippen molar-refractivity contribution < 1.29 is 14.3 Å². The molecule has 0 aromatic carbocycles. The molecule has 0 aliphatic heterocycles. The number of nitrogens with zero attached hydrogens (tertiary/aromatic N) is 1. The maximum Gasteiger partial charge on any atom is 0.306 e. The molecule has 1 aromatic heterocycles. The van der Waals surface area contributed by atoms with Crippen molar-refractivity contribution in [3.8, 4) is 0 Å². The van der Waals surface area contributed by atoms with Crippen LogP contribution < -0.4 is 4.90 Å². The highest BCUT2D eigenvalue weighted by atomic mass is 16.4. The Morgan fingerprint density at radius 3 is 2.67 bits per heavy atom. The number of rotatable bonds is 3. The van der Waals surface area contributed by atoms with Crippen molar-refractivity contribution in [2.45, 2.75) is 25.8 Å². The molecule has 1 heterocycles. The van der Waals surface area contributed by atoms with Gasteiger partial charge in [-0.3, -0.25) is 4.79 Å². The van der Waals surface area contributed by atoms with E-state index in [4.69, 9.17) is 9.52 Å². The molecule has 0 spiro atoms. The summed E-state index contributed by atoms with van der Waals surface area (Å²) < 4.78 is 5.48. The van der Waals surface area contributed by atoms with Crippen molar-refractivity contribution in [3.05, 3.63) is 17.9 Å². The van der Waals surface area contributed by atoms with Crippen molar-refractivity contribution >= 4 is 11.9 Å². The third-order valence-electron chi connectivity index (χ3n) is 3.08. The normalized spacial score (nSPS) is 24.7. The van der Waals surface area contributed by atoms with Gasteiger partial charge in [0.15, 0.2) is 5.88 Å². The number of carboxylic acid groups (broad SMARTS) is 1. The molecule has 1 aliphatic carbocycles. The zero-order chi connectivity index (χ0) is 11.0. The predicted molar refractivity (Wildman–Crippen MR) is 56.0 cm³/mol. The molecule has 0 bridgehead atoms. The molecule has 15 heavy (non-hydrogen) atoms. The van der Waals surface area contributed by atoms with E-state index in [-0.39, 0.29) is 5.92 Å². The standard InChI is InChI=1S/C11H15NO3/c1-7-3-4-10(15-7)12(2)9-5-8(6-9)11(13)14/h3-4,8-9H,5-6H2,1-2H3,(H,13,14). The molecule has 0 radical (unpaired) electrons. The Morgan fingerprint density at radius 2 is 2.20 bits per heavy atom. The number of furan rings is 1. The largest absolute Gasteiger partial charge is 0.481 e. The molecule has 4 heteroatoms. The van der Waals surface area contributed by atoms with Crippen molar-refractivity contribution in [2.75, 3.05) is 11.9 Å². The Morgan fingerprint density at radius 1 is 1.53 bits per heavy atom. The van der Waals surface area contributed by atoms with E-state index in [1.807, 2.05) is 31.0 Å². The van der Waals surface area contributed by atoms with Crippen LogP contribution in [0.1, 0.15) is 18.6 Å². The second-order valence-electron chi connectivity index (χ2n) is 4.16. The van der Waals surface area contributed by atoms with Gasteiger partial charge >= 0.3 is 5.97 Å².